The minimum atomic E-state index is -0.912. The topological polar surface area (TPSA) is 84.2 Å². The summed E-state index contributed by atoms with van der Waals surface area (Å²) >= 11 is 0. The van der Waals surface area contributed by atoms with Gasteiger partial charge in [-0.2, -0.15) is 5.10 Å². The van der Waals surface area contributed by atoms with Gasteiger partial charge in [-0.3, -0.25) is 14.3 Å². The smallest absolute Gasteiger partial charge is 0.305 e. The molecule has 21 heavy (non-hydrogen) atoms. The maximum Gasteiger partial charge on any atom is 0.305 e. The molecular weight excluding hydrogens is 270 g/mol. The summed E-state index contributed by atoms with van der Waals surface area (Å²) in [6, 6.07) is 1.32. The fourth-order valence-corrected chi connectivity index (χ4v) is 2.35. The van der Waals surface area contributed by atoms with Crippen LogP contribution in [-0.4, -0.2) is 32.8 Å². The number of aliphatic carboxylic acids is 1. The van der Waals surface area contributed by atoms with E-state index < -0.39 is 12.0 Å². The van der Waals surface area contributed by atoms with Crippen LogP contribution >= 0.6 is 0 Å². The van der Waals surface area contributed by atoms with Crippen molar-refractivity contribution in [3.63, 3.8) is 0 Å². The number of rotatable bonds is 6. The van der Waals surface area contributed by atoms with Gasteiger partial charge in [-0.05, 0) is 31.7 Å². The lowest BCUT2D eigenvalue weighted by Crippen LogP contribution is -2.39. The highest BCUT2D eigenvalue weighted by molar-refractivity contribution is 5.93. The van der Waals surface area contributed by atoms with Gasteiger partial charge in [0.15, 0.2) is 0 Å². The molecule has 1 unspecified atom stereocenters. The van der Waals surface area contributed by atoms with Crippen molar-refractivity contribution in [2.24, 2.45) is 5.41 Å². The molecule has 1 amide bonds. The highest BCUT2D eigenvalue weighted by Crippen LogP contribution is 2.22. The first-order chi connectivity index (χ1) is 9.62. The standard InChI is InChI=1S/C15H25N3O3/c1-6-18-12(7-10(2)17-18)14(21)16-11(8-13(19)20)9-15(3,4)5/h7,11H,6,8-9H2,1-5H3,(H,16,21)(H,19,20). The molecule has 2 N–H and O–H groups in total. The Morgan fingerprint density at radius 3 is 2.52 bits per heavy atom. The summed E-state index contributed by atoms with van der Waals surface area (Å²) in [5, 5.41) is 16.1. The number of carbonyl (C=O) groups is 2. The van der Waals surface area contributed by atoms with Crippen molar-refractivity contribution in [1.82, 2.24) is 15.1 Å². The number of aryl methyl sites for hydroxylation is 2. The predicted molar refractivity (Wildman–Crippen MR) is 80.2 cm³/mol. The number of nitrogens with zero attached hydrogens (tertiary/aromatic N) is 2. The molecule has 0 bridgehead atoms. The number of carboxylic acid groups (broad SMARTS) is 1. The fraction of sp³-hybridized carbons (Fsp3) is 0.667. The van der Waals surface area contributed by atoms with Gasteiger partial charge in [0.1, 0.15) is 5.69 Å². The summed E-state index contributed by atoms with van der Waals surface area (Å²) < 4.78 is 1.62. The van der Waals surface area contributed by atoms with Gasteiger partial charge >= 0.3 is 5.97 Å². The molecule has 0 saturated carbocycles. The van der Waals surface area contributed by atoms with Crippen LogP contribution in [0.1, 0.15) is 56.7 Å². The molecule has 6 heteroatoms. The lowest BCUT2D eigenvalue weighted by atomic mass is 9.87. The van der Waals surface area contributed by atoms with Gasteiger partial charge in [-0.1, -0.05) is 20.8 Å². The fourth-order valence-electron chi connectivity index (χ4n) is 2.35. The van der Waals surface area contributed by atoms with Gasteiger partial charge in [0, 0.05) is 12.6 Å². The number of aromatic nitrogens is 2. The Labute approximate surface area is 125 Å². The molecule has 1 atom stereocenters. The SMILES string of the molecule is CCn1nc(C)cc1C(=O)NC(CC(=O)O)CC(C)(C)C. The highest BCUT2D eigenvalue weighted by Gasteiger charge is 2.24. The van der Waals surface area contributed by atoms with Gasteiger partial charge in [0.25, 0.3) is 5.91 Å². The maximum absolute atomic E-state index is 12.4. The van der Waals surface area contributed by atoms with E-state index in [-0.39, 0.29) is 17.7 Å². The van der Waals surface area contributed by atoms with Crippen LogP contribution in [0.15, 0.2) is 6.07 Å². The zero-order valence-electron chi connectivity index (χ0n) is 13.4. The van der Waals surface area contributed by atoms with Crippen LogP contribution in [0, 0.1) is 12.3 Å². The van der Waals surface area contributed by atoms with Crippen LogP contribution in [0.25, 0.3) is 0 Å². The monoisotopic (exact) mass is 295 g/mol. The van der Waals surface area contributed by atoms with Gasteiger partial charge < -0.3 is 10.4 Å². The van der Waals surface area contributed by atoms with Crippen LogP contribution in [-0.2, 0) is 11.3 Å². The van der Waals surface area contributed by atoms with Crippen molar-refractivity contribution in [3.8, 4) is 0 Å². The average molecular weight is 295 g/mol. The van der Waals surface area contributed by atoms with Crippen LogP contribution < -0.4 is 5.32 Å². The molecule has 0 fully saturated rings. The summed E-state index contributed by atoms with van der Waals surface area (Å²) in [4.78, 5) is 23.3. The van der Waals surface area contributed by atoms with Gasteiger partial charge in [0.2, 0.25) is 0 Å². The Kier molecular flexibility index (Phi) is 5.52. The van der Waals surface area contributed by atoms with Crippen molar-refractivity contribution < 1.29 is 14.7 Å². The molecule has 0 aliphatic rings. The second-order valence-corrected chi connectivity index (χ2v) is 6.52. The van der Waals surface area contributed by atoms with E-state index in [1.807, 2.05) is 34.6 Å². The Bertz CT molecular complexity index is 515. The number of carbonyl (C=O) groups excluding carboxylic acids is 1. The van der Waals surface area contributed by atoms with E-state index in [2.05, 4.69) is 10.4 Å². The molecule has 1 rings (SSSR count). The van der Waals surface area contributed by atoms with Gasteiger partial charge in [0.05, 0.1) is 12.1 Å². The van der Waals surface area contributed by atoms with Crippen LogP contribution in [0.4, 0.5) is 0 Å². The van der Waals surface area contributed by atoms with E-state index in [0.717, 1.165) is 5.69 Å². The second-order valence-electron chi connectivity index (χ2n) is 6.52. The van der Waals surface area contributed by atoms with Crippen LogP contribution in [0.2, 0.25) is 0 Å². The number of carboxylic acids is 1. The summed E-state index contributed by atoms with van der Waals surface area (Å²) in [6.07, 6.45) is 0.520. The first kappa shape index (κ1) is 17.2. The van der Waals surface area contributed by atoms with Crippen LogP contribution in [0.5, 0.6) is 0 Å². The zero-order chi connectivity index (χ0) is 16.2. The molecular formula is C15H25N3O3. The lowest BCUT2D eigenvalue weighted by molar-refractivity contribution is -0.137. The molecule has 0 spiro atoms. The van der Waals surface area contributed by atoms with Crippen molar-refractivity contribution >= 4 is 11.9 Å². The zero-order valence-corrected chi connectivity index (χ0v) is 13.4. The van der Waals surface area contributed by atoms with E-state index in [0.29, 0.717) is 18.7 Å². The summed E-state index contributed by atoms with van der Waals surface area (Å²) in [5.74, 6) is -1.18. The average Bonchev–Trinajstić information content (AvgIpc) is 2.67. The number of hydrogen-bond acceptors (Lipinski definition) is 3. The summed E-state index contributed by atoms with van der Waals surface area (Å²) in [5.41, 5.74) is 1.18. The van der Waals surface area contributed by atoms with Crippen molar-refractivity contribution in [2.45, 2.75) is 60.0 Å². The minimum Gasteiger partial charge on any atom is -0.481 e. The molecule has 0 saturated heterocycles. The van der Waals surface area contributed by atoms with Gasteiger partial charge in [-0.15, -0.1) is 0 Å². The van der Waals surface area contributed by atoms with Gasteiger partial charge in [-0.25, -0.2) is 0 Å². The van der Waals surface area contributed by atoms with Crippen molar-refractivity contribution in [3.05, 3.63) is 17.5 Å². The van der Waals surface area contributed by atoms with Crippen molar-refractivity contribution in [1.29, 1.82) is 0 Å². The van der Waals surface area contributed by atoms with Crippen molar-refractivity contribution in [2.75, 3.05) is 0 Å². The Morgan fingerprint density at radius 2 is 2.05 bits per heavy atom. The number of amides is 1. The van der Waals surface area contributed by atoms with Crippen LogP contribution in [0.3, 0.4) is 0 Å². The predicted octanol–water partition coefficient (Wildman–Crippen LogP) is 2.22. The highest BCUT2D eigenvalue weighted by atomic mass is 16.4. The minimum absolute atomic E-state index is 0.0612. The van der Waals surface area contributed by atoms with E-state index >= 15 is 0 Å². The number of hydrogen-bond donors (Lipinski definition) is 2. The Morgan fingerprint density at radius 1 is 1.43 bits per heavy atom. The molecule has 6 nitrogen and oxygen atoms in total. The largest absolute Gasteiger partial charge is 0.481 e. The number of nitrogens with one attached hydrogen (secondary N) is 1. The Balaban J connectivity index is 2.86. The third-order valence-corrected chi connectivity index (χ3v) is 3.05. The first-order valence-electron chi connectivity index (χ1n) is 7.19. The molecule has 0 aliphatic carbocycles. The molecule has 1 aromatic rings. The molecule has 1 aromatic heterocycles. The second kappa shape index (κ2) is 6.74. The maximum atomic E-state index is 12.4. The summed E-state index contributed by atoms with van der Waals surface area (Å²) in [7, 11) is 0. The molecule has 0 aliphatic heterocycles. The molecule has 0 aromatic carbocycles. The van der Waals surface area contributed by atoms with E-state index in [1.165, 1.54) is 0 Å². The van der Waals surface area contributed by atoms with E-state index in [1.54, 1.807) is 10.7 Å². The van der Waals surface area contributed by atoms with E-state index in [4.69, 9.17) is 5.11 Å². The molecule has 0 radical (unpaired) electrons. The third kappa shape index (κ3) is 5.57. The first-order valence-corrected chi connectivity index (χ1v) is 7.19. The normalized spacial score (nSPS) is 13.0. The van der Waals surface area contributed by atoms with E-state index in [9.17, 15) is 9.59 Å². The lowest BCUT2D eigenvalue weighted by Gasteiger charge is -2.25. The quantitative estimate of drug-likeness (QED) is 0.842. The summed E-state index contributed by atoms with van der Waals surface area (Å²) in [6.45, 7) is 10.4. The molecule has 1 heterocycles. The third-order valence-electron chi connectivity index (χ3n) is 3.05. The molecule has 118 valence electrons. The Hall–Kier alpha value is -1.85.